The lowest BCUT2D eigenvalue weighted by Gasteiger charge is -2.18. The Morgan fingerprint density at radius 1 is 0.276 bits per heavy atom. The van der Waals surface area contributed by atoms with E-state index in [-0.39, 0.29) is 31.1 Å². The molecule has 436 valence electrons. The summed E-state index contributed by atoms with van der Waals surface area (Å²) >= 11 is 0. The molecule has 76 heavy (non-hydrogen) atoms. The summed E-state index contributed by atoms with van der Waals surface area (Å²) in [7, 11) is 0. The van der Waals surface area contributed by atoms with Crippen molar-refractivity contribution in [3.05, 3.63) is 97.2 Å². The normalized spacial score (nSPS) is 12.7. The molecule has 1 atom stereocenters. The molecule has 1 unspecified atom stereocenters. The summed E-state index contributed by atoms with van der Waals surface area (Å²) in [5, 5.41) is 0. The lowest BCUT2D eigenvalue weighted by molar-refractivity contribution is -0.167. The molecule has 0 N–H and O–H groups in total. The van der Waals surface area contributed by atoms with E-state index < -0.39 is 6.10 Å². The number of unbranched alkanes of at least 4 members (excludes halogenated alkanes) is 31. The number of rotatable bonds is 58. The van der Waals surface area contributed by atoms with Crippen molar-refractivity contribution < 1.29 is 28.6 Å². The Bertz CT molecular complexity index is 1490. The largest absolute Gasteiger partial charge is 0.462 e. The van der Waals surface area contributed by atoms with Gasteiger partial charge in [-0.1, -0.05) is 285 Å². The summed E-state index contributed by atoms with van der Waals surface area (Å²) < 4.78 is 16.9. The van der Waals surface area contributed by atoms with E-state index in [1.54, 1.807) is 0 Å². The van der Waals surface area contributed by atoms with Crippen molar-refractivity contribution in [2.45, 2.75) is 316 Å². The molecule has 6 heteroatoms. The van der Waals surface area contributed by atoms with Crippen molar-refractivity contribution in [3.8, 4) is 0 Å². The van der Waals surface area contributed by atoms with E-state index in [1.807, 2.05) is 0 Å². The van der Waals surface area contributed by atoms with Crippen LogP contribution in [0.3, 0.4) is 0 Å². The summed E-state index contributed by atoms with van der Waals surface area (Å²) in [5.41, 5.74) is 0. The van der Waals surface area contributed by atoms with Gasteiger partial charge in [-0.3, -0.25) is 14.4 Å². The molecule has 0 aliphatic rings. The zero-order valence-corrected chi connectivity index (χ0v) is 50.0. The fourth-order valence-electron chi connectivity index (χ4n) is 9.01. The van der Waals surface area contributed by atoms with Gasteiger partial charge in [0.15, 0.2) is 6.10 Å². The van der Waals surface area contributed by atoms with Gasteiger partial charge in [-0.25, -0.2) is 0 Å². The molecule has 0 amide bonds. The predicted molar refractivity (Wildman–Crippen MR) is 330 cm³/mol. The van der Waals surface area contributed by atoms with Crippen LogP contribution in [-0.4, -0.2) is 37.2 Å². The Balaban J connectivity index is 4.28. The van der Waals surface area contributed by atoms with Crippen LogP contribution in [0, 0.1) is 0 Å². The maximum atomic E-state index is 12.9. The Labute approximate surface area is 470 Å². The molecule has 0 aliphatic carbocycles. The minimum atomic E-state index is -0.783. The molecule has 0 saturated heterocycles. The molecule has 0 aromatic rings. The molecule has 0 bridgehead atoms. The van der Waals surface area contributed by atoms with E-state index in [9.17, 15) is 14.4 Å². The van der Waals surface area contributed by atoms with Crippen molar-refractivity contribution in [1.82, 2.24) is 0 Å². The van der Waals surface area contributed by atoms with Crippen LogP contribution in [-0.2, 0) is 28.6 Å². The van der Waals surface area contributed by atoms with Gasteiger partial charge in [0.1, 0.15) is 13.2 Å². The average molecular weight is 1060 g/mol. The molecule has 0 heterocycles. The quantitative estimate of drug-likeness (QED) is 0.0261. The maximum absolute atomic E-state index is 12.9. The molecular weight excluding hydrogens is 937 g/mol. The summed E-state index contributed by atoms with van der Waals surface area (Å²) in [6.07, 6.45) is 85.6. The Hall–Kier alpha value is -3.67. The molecule has 6 nitrogen and oxygen atoms in total. The van der Waals surface area contributed by atoms with E-state index in [1.165, 1.54) is 161 Å². The summed E-state index contributed by atoms with van der Waals surface area (Å²) in [4.78, 5) is 38.2. The van der Waals surface area contributed by atoms with Gasteiger partial charge in [0.25, 0.3) is 0 Å². The zero-order chi connectivity index (χ0) is 55.0. The Kier molecular flexibility index (Phi) is 60.8. The van der Waals surface area contributed by atoms with E-state index in [0.717, 1.165) is 109 Å². The minimum absolute atomic E-state index is 0.0794. The van der Waals surface area contributed by atoms with Crippen LogP contribution in [0.25, 0.3) is 0 Å². The highest BCUT2D eigenvalue weighted by Gasteiger charge is 2.19. The van der Waals surface area contributed by atoms with Crippen LogP contribution < -0.4 is 0 Å². The smallest absolute Gasteiger partial charge is 0.306 e. The first-order valence-electron chi connectivity index (χ1n) is 32.2. The topological polar surface area (TPSA) is 78.9 Å². The van der Waals surface area contributed by atoms with Gasteiger partial charge < -0.3 is 14.2 Å². The maximum Gasteiger partial charge on any atom is 0.306 e. The molecule has 0 fully saturated rings. The minimum Gasteiger partial charge on any atom is -0.462 e. The Morgan fingerprint density at radius 2 is 0.513 bits per heavy atom. The Morgan fingerprint density at radius 3 is 0.803 bits per heavy atom. The average Bonchev–Trinajstić information content (AvgIpc) is 3.42. The fraction of sp³-hybridized carbons (Fsp3) is 0.729. The van der Waals surface area contributed by atoms with Gasteiger partial charge >= 0.3 is 17.9 Å². The van der Waals surface area contributed by atoms with Crippen LogP contribution in [0.2, 0.25) is 0 Å². The third-order valence-corrected chi connectivity index (χ3v) is 13.8. The van der Waals surface area contributed by atoms with Crippen molar-refractivity contribution in [2.75, 3.05) is 13.2 Å². The molecule has 0 rings (SSSR count). The monoisotopic (exact) mass is 1060 g/mol. The zero-order valence-electron chi connectivity index (χ0n) is 50.0. The van der Waals surface area contributed by atoms with Crippen molar-refractivity contribution in [3.63, 3.8) is 0 Å². The van der Waals surface area contributed by atoms with Crippen molar-refractivity contribution in [1.29, 1.82) is 0 Å². The molecule has 0 saturated carbocycles. The SMILES string of the molecule is CC/C=C\C/C=C\C/C=C\C/C=C\C/C=C\C/C=C\CCCCCCCCCCC(=O)OCC(COC(=O)CCCCCCCCCCCC)OC(=O)CCCCCCCCCCC/C=C\C/C=C\CCCCCCC. The van der Waals surface area contributed by atoms with Crippen LogP contribution in [0.4, 0.5) is 0 Å². The van der Waals surface area contributed by atoms with Crippen LogP contribution in [0.1, 0.15) is 310 Å². The number of carbonyl (C=O) groups excluding carboxylic acids is 3. The highest BCUT2D eigenvalue weighted by Crippen LogP contribution is 2.16. The highest BCUT2D eigenvalue weighted by atomic mass is 16.6. The van der Waals surface area contributed by atoms with Crippen LogP contribution in [0.5, 0.6) is 0 Å². The highest BCUT2D eigenvalue weighted by molar-refractivity contribution is 5.71. The van der Waals surface area contributed by atoms with Gasteiger partial charge in [0.05, 0.1) is 0 Å². The number of hydrogen-bond acceptors (Lipinski definition) is 6. The second-order valence-electron chi connectivity index (χ2n) is 21.3. The van der Waals surface area contributed by atoms with Crippen molar-refractivity contribution >= 4 is 17.9 Å². The third kappa shape index (κ3) is 61.2. The van der Waals surface area contributed by atoms with E-state index in [0.29, 0.717) is 19.3 Å². The molecule has 0 aliphatic heterocycles. The standard InChI is InChI=1S/C70H120O6/c1-4-7-10-13-16-19-22-24-26-28-30-32-33-34-35-36-37-39-40-42-44-46-48-51-54-57-60-63-69(72)75-66-67(65-74-68(71)62-59-56-53-50-21-18-15-12-9-6-3)76-70(73)64-61-58-55-52-49-47-45-43-41-38-31-29-27-25-23-20-17-14-11-8-5-2/h7,10,16,19,23-26,29-32,34-35,37,39,67H,4-6,8-9,11-15,17-18,20-22,27-28,33,36,38,40-66H2,1-3H3/b10-7-,19-16-,25-23-,26-24-,31-29-,32-30-,35-34-,39-37-. The van der Waals surface area contributed by atoms with Crippen molar-refractivity contribution in [2.24, 2.45) is 0 Å². The van der Waals surface area contributed by atoms with Gasteiger partial charge in [-0.05, 0) is 103 Å². The van der Waals surface area contributed by atoms with Crippen LogP contribution >= 0.6 is 0 Å². The van der Waals surface area contributed by atoms with Gasteiger partial charge in [0.2, 0.25) is 0 Å². The number of esters is 3. The molecular formula is C70H120O6. The number of ether oxygens (including phenoxy) is 3. The molecule has 0 aromatic heterocycles. The van der Waals surface area contributed by atoms with E-state index in [4.69, 9.17) is 14.2 Å². The summed E-state index contributed by atoms with van der Waals surface area (Å²) in [6, 6.07) is 0. The fourth-order valence-corrected chi connectivity index (χ4v) is 9.01. The number of hydrogen-bond donors (Lipinski definition) is 0. The van der Waals surface area contributed by atoms with Crippen LogP contribution in [0.15, 0.2) is 97.2 Å². The van der Waals surface area contributed by atoms with Gasteiger partial charge in [-0.2, -0.15) is 0 Å². The second-order valence-corrected chi connectivity index (χ2v) is 21.3. The predicted octanol–water partition coefficient (Wildman–Crippen LogP) is 22.0. The second kappa shape index (κ2) is 63.9. The lowest BCUT2D eigenvalue weighted by Crippen LogP contribution is -2.30. The van der Waals surface area contributed by atoms with E-state index >= 15 is 0 Å². The molecule has 0 radical (unpaired) electrons. The van der Waals surface area contributed by atoms with Gasteiger partial charge in [-0.15, -0.1) is 0 Å². The first kappa shape index (κ1) is 72.3. The summed E-state index contributed by atoms with van der Waals surface area (Å²) in [6.45, 7) is 6.52. The number of allylic oxidation sites excluding steroid dienone is 16. The lowest BCUT2D eigenvalue weighted by atomic mass is 10.1. The first-order valence-corrected chi connectivity index (χ1v) is 32.2. The van der Waals surface area contributed by atoms with E-state index in [2.05, 4.69) is 118 Å². The third-order valence-electron chi connectivity index (χ3n) is 13.8. The number of carbonyl (C=O) groups is 3. The molecule has 0 aromatic carbocycles. The molecule has 0 spiro atoms. The first-order chi connectivity index (χ1) is 37.5. The summed E-state index contributed by atoms with van der Waals surface area (Å²) in [5.74, 6) is -0.884. The van der Waals surface area contributed by atoms with Gasteiger partial charge in [0, 0.05) is 19.3 Å².